The number of likely N-dealkylation sites (N-methyl/N-ethyl adjacent to an activating group) is 1. The van der Waals surface area contributed by atoms with Gasteiger partial charge in [-0.1, -0.05) is 13.8 Å². The number of nitrogens with one attached hydrogen (secondary N) is 1. The number of hydrogen-bond acceptors (Lipinski definition) is 4. The minimum absolute atomic E-state index is 0.255. The van der Waals surface area contributed by atoms with Gasteiger partial charge >= 0.3 is 0 Å². The minimum atomic E-state index is -0.255. The first-order valence-corrected chi connectivity index (χ1v) is 6.95. The molecule has 0 bridgehead atoms. The molecule has 1 saturated heterocycles. The van der Waals surface area contributed by atoms with E-state index in [1.807, 2.05) is 0 Å². The summed E-state index contributed by atoms with van der Waals surface area (Å²) in [6.07, 6.45) is 2.05. The molecule has 0 aromatic heterocycles. The lowest BCUT2D eigenvalue weighted by Gasteiger charge is -2.25. The minimum Gasteiger partial charge on any atom is -0.390 e. The smallest absolute Gasteiger partial charge is 0.0791 e. The fourth-order valence-electron chi connectivity index (χ4n) is 2.25. The van der Waals surface area contributed by atoms with E-state index in [-0.39, 0.29) is 6.10 Å². The molecule has 4 heteroatoms. The molecule has 0 spiro atoms. The van der Waals surface area contributed by atoms with E-state index in [1.54, 1.807) is 0 Å². The van der Waals surface area contributed by atoms with Crippen molar-refractivity contribution in [2.45, 2.75) is 32.8 Å². The third-order valence-corrected chi connectivity index (χ3v) is 3.52. The molecule has 0 radical (unpaired) electrons. The van der Waals surface area contributed by atoms with Crippen LogP contribution in [0, 0.1) is 5.92 Å². The highest BCUT2D eigenvalue weighted by Crippen LogP contribution is 2.12. The first-order chi connectivity index (χ1) is 8.26. The maximum Gasteiger partial charge on any atom is 0.0791 e. The highest BCUT2D eigenvalue weighted by molar-refractivity contribution is 4.69. The highest BCUT2D eigenvalue weighted by atomic mass is 16.5. The topological polar surface area (TPSA) is 44.7 Å². The predicted molar refractivity (Wildman–Crippen MR) is 70.2 cm³/mol. The van der Waals surface area contributed by atoms with Crippen molar-refractivity contribution in [2.24, 2.45) is 5.92 Å². The zero-order chi connectivity index (χ0) is 12.5. The molecule has 0 aromatic carbocycles. The van der Waals surface area contributed by atoms with Gasteiger partial charge in [0.25, 0.3) is 0 Å². The van der Waals surface area contributed by atoms with Gasteiger partial charge < -0.3 is 20.1 Å². The number of hydrogen-bond donors (Lipinski definition) is 2. The quantitative estimate of drug-likeness (QED) is 0.660. The van der Waals surface area contributed by atoms with Crippen LogP contribution in [0.5, 0.6) is 0 Å². The van der Waals surface area contributed by atoms with Gasteiger partial charge in [0.2, 0.25) is 0 Å². The monoisotopic (exact) mass is 244 g/mol. The zero-order valence-electron chi connectivity index (χ0n) is 11.3. The Hall–Kier alpha value is -0.160. The van der Waals surface area contributed by atoms with E-state index < -0.39 is 0 Å². The normalized spacial score (nSPS) is 19.8. The van der Waals surface area contributed by atoms with Crippen molar-refractivity contribution in [2.75, 3.05) is 45.9 Å². The number of aliphatic hydroxyl groups excluding tert-OH is 1. The first kappa shape index (κ1) is 14.9. The molecule has 2 N–H and O–H groups in total. The Balaban J connectivity index is 2.04. The summed E-state index contributed by atoms with van der Waals surface area (Å²) in [5.41, 5.74) is 0. The molecule has 102 valence electrons. The van der Waals surface area contributed by atoms with E-state index in [4.69, 9.17) is 4.74 Å². The first-order valence-electron chi connectivity index (χ1n) is 6.95. The molecule has 1 atom stereocenters. The van der Waals surface area contributed by atoms with Crippen molar-refractivity contribution in [3.63, 3.8) is 0 Å². The summed E-state index contributed by atoms with van der Waals surface area (Å²) in [4.78, 5) is 2.25. The Morgan fingerprint density at radius 2 is 1.94 bits per heavy atom. The number of nitrogens with zero attached hydrogens (tertiary/aromatic N) is 1. The SMILES string of the molecule is CCN(CC)CC(O)CNCC1CCOCC1. The van der Waals surface area contributed by atoms with Gasteiger partial charge in [-0.2, -0.15) is 0 Å². The lowest BCUT2D eigenvalue weighted by molar-refractivity contribution is 0.0637. The molecule has 1 unspecified atom stereocenters. The number of aliphatic hydroxyl groups is 1. The molecule has 4 nitrogen and oxygen atoms in total. The van der Waals surface area contributed by atoms with Gasteiger partial charge in [0.05, 0.1) is 6.10 Å². The molecular formula is C13H28N2O2. The van der Waals surface area contributed by atoms with Crippen LogP contribution in [-0.2, 0) is 4.74 Å². The summed E-state index contributed by atoms with van der Waals surface area (Å²) in [6, 6.07) is 0. The standard InChI is InChI=1S/C13H28N2O2/c1-3-15(4-2)11-13(16)10-14-9-12-5-7-17-8-6-12/h12-14,16H,3-11H2,1-2H3. The van der Waals surface area contributed by atoms with Crippen LogP contribution in [0.1, 0.15) is 26.7 Å². The Morgan fingerprint density at radius 1 is 1.29 bits per heavy atom. The van der Waals surface area contributed by atoms with Crippen LogP contribution in [0.3, 0.4) is 0 Å². The van der Waals surface area contributed by atoms with Gasteiger partial charge in [-0.15, -0.1) is 0 Å². The summed E-state index contributed by atoms with van der Waals surface area (Å²) in [6.45, 7) is 10.6. The summed E-state index contributed by atoms with van der Waals surface area (Å²) in [5.74, 6) is 0.726. The zero-order valence-corrected chi connectivity index (χ0v) is 11.3. The van der Waals surface area contributed by atoms with E-state index in [9.17, 15) is 5.11 Å². The number of rotatable bonds is 8. The van der Waals surface area contributed by atoms with Crippen LogP contribution in [0.4, 0.5) is 0 Å². The van der Waals surface area contributed by atoms with Gasteiger partial charge in [-0.3, -0.25) is 0 Å². The Labute approximate surface area is 105 Å². The lowest BCUT2D eigenvalue weighted by Crippen LogP contribution is -2.40. The third-order valence-electron chi connectivity index (χ3n) is 3.52. The van der Waals surface area contributed by atoms with Gasteiger partial charge in [0.1, 0.15) is 0 Å². The van der Waals surface area contributed by atoms with Crippen LogP contribution in [0.15, 0.2) is 0 Å². The second kappa shape index (κ2) is 8.86. The van der Waals surface area contributed by atoms with Crippen LogP contribution in [0.25, 0.3) is 0 Å². The summed E-state index contributed by atoms with van der Waals surface area (Å²) < 4.78 is 5.33. The van der Waals surface area contributed by atoms with Crippen molar-refractivity contribution >= 4 is 0 Å². The Kier molecular flexibility index (Phi) is 7.77. The molecular weight excluding hydrogens is 216 g/mol. The van der Waals surface area contributed by atoms with Crippen molar-refractivity contribution in [1.82, 2.24) is 10.2 Å². The third kappa shape index (κ3) is 6.36. The molecule has 1 aliphatic rings. The summed E-state index contributed by atoms with van der Waals surface area (Å²) in [5, 5.41) is 13.3. The van der Waals surface area contributed by atoms with E-state index in [1.165, 1.54) is 0 Å². The molecule has 17 heavy (non-hydrogen) atoms. The van der Waals surface area contributed by atoms with E-state index in [0.29, 0.717) is 6.54 Å². The fraction of sp³-hybridized carbons (Fsp3) is 1.00. The van der Waals surface area contributed by atoms with Crippen LogP contribution in [-0.4, -0.2) is 62.0 Å². The molecule has 1 heterocycles. The highest BCUT2D eigenvalue weighted by Gasteiger charge is 2.14. The van der Waals surface area contributed by atoms with E-state index >= 15 is 0 Å². The van der Waals surface area contributed by atoms with Gasteiger partial charge in [0.15, 0.2) is 0 Å². The lowest BCUT2D eigenvalue weighted by atomic mass is 10.0. The van der Waals surface area contributed by atoms with Crippen LogP contribution < -0.4 is 5.32 Å². The molecule has 0 amide bonds. The van der Waals surface area contributed by atoms with E-state index in [0.717, 1.165) is 58.2 Å². The maximum absolute atomic E-state index is 9.88. The number of ether oxygens (including phenoxy) is 1. The van der Waals surface area contributed by atoms with Gasteiger partial charge in [-0.25, -0.2) is 0 Å². The van der Waals surface area contributed by atoms with Crippen LogP contribution in [0.2, 0.25) is 0 Å². The second-order valence-electron chi connectivity index (χ2n) is 4.85. The summed E-state index contributed by atoms with van der Waals surface area (Å²) in [7, 11) is 0. The van der Waals surface area contributed by atoms with Gasteiger partial charge in [0, 0.05) is 26.3 Å². The van der Waals surface area contributed by atoms with Crippen molar-refractivity contribution in [3.8, 4) is 0 Å². The molecule has 1 fully saturated rings. The second-order valence-corrected chi connectivity index (χ2v) is 4.85. The largest absolute Gasteiger partial charge is 0.390 e. The maximum atomic E-state index is 9.88. The summed E-state index contributed by atoms with van der Waals surface area (Å²) >= 11 is 0. The molecule has 1 rings (SSSR count). The Bertz CT molecular complexity index is 180. The van der Waals surface area contributed by atoms with Crippen molar-refractivity contribution in [3.05, 3.63) is 0 Å². The average Bonchev–Trinajstić information content (AvgIpc) is 2.37. The van der Waals surface area contributed by atoms with Crippen molar-refractivity contribution in [1.29, 1.82) is 0 Å². The molecule has 0 aromatic rings. The Morgan fingerprint density at radius 3 is 2.53 bits per heavy atom. The predicted octanol–water partition coefficient (Wildman–Crippen LogP) is 0.705. The van der Waals surface area contributed by atoms with Gasteiger partial charge in [-0.05, 0) is 38.4 Å². The average molecular weight is 244 g/mol. The van der Waals surface area contributed by atoms with Crippen LogP contribution >= 0.6 is 0 Å². The molecule has 1 aliphatic heterocycles. The van der Waals surface area contributed by atoms with E-state index in [2.05, 4.69) is 24.1 Å². The van der Waals surface area contributed by atoms with Crippen molar-refractivity contribution < 1.29 is 9.84 Å². The molecule has 0 aliphatic carbocycles. The molecule has 0 saturated carbocycles. The fourth-order valence-corrected chi connectivity index (χ4v) is 2.25.